The van der Waals surface area contributed by atoms with Crippen molar-refractivity contribution in [2.24, 2.45) is 5.92 Å². The number of aromatic nitrogens is 1. The zero-order valence-corrected chi connectivity index (χ0v) is 22.6. The van der Waals surface area contributed by atoms with Gasteiger partial charge in [0.2, 0.25) is 17.7 Å². The van der Waals surface area contributed by atoms with Crippen LogP contribution in [0.5, 0.6) is 0 Å². The fraction of sp³-hybridized carbons (Fsp3) is 0.172. The Hall–Kier alpha value is -4.16. The molecule has 208 valence electrons. The van der Waals surface area contributed by atoms with Crippen molar-refractivity contribution in [2.45, 2.75) is 28.9 Å². The van der Waals surface area contributed by atoms with Gasteiger partial charge in [-0.3, -0.25) is 23.7 Å². The van der Waals surface area contributed by atoms with Crippen molar-refractivity contribution in [1.82, 2.24) is 4.57 Å². The first-order valence-electron chi connectivity index (χ1n) is 12.5. The number of amides is 3. The number of thiazole rings is 1. The van der Waals surface area contributed by atoms with Crippen LogP contribution in [-0.2, 0) is 27.1 Å². The number of rotatable bonds is 5. The van der Waals surface area contributed by atoms with Gasteiger partial charge >= 0.3 is 11.0 Å². The van der Waals surface area contributed by atoms with Crippen molar-refractivity contribution in [2.75, 3.05) is 10.2 Å². The van der Waals surface area contributed by atoms with E-state index in [4.69, 9.17) is 0 Å². The summed E-state index contributed by atoms with van der Waals surface area (Å²) in [5, 5.41) is 1.98. The second kappa shape index (κ2) is 10.3. The predicted molar refractivity (Wildman–Crippen MR) is 149 cm³/mol. The number of thioether (sulfide) groups is 1. The van der Waals surface area contributed by atoms with Crippen molar-refractivity contribution in [1.29, 1.82) is 0 Å². The minimum atomic E-state index is -4.79. The maximum atomic E-state index is 13.9. The van der Waals surface area contributed by atoms with E-state index in [-0.39, 0.29) is 6.54 Å². The first-order valence-corrected chi connectivity index (χ1v) is 14.2. The Kier molecular flexibility index (Phi) is 6.82. The van der Waals surface area contributed by atoms with Crippen LogP contribution in [0.2, 0.25) is 0 Å². The van der Waals surface area contributed by atoms with Crippen molar-refractivity contribution >= 4 is 52.2 Å². The number of nitrogens with zero attached hydrogens (tertiary/aromatic N) is 2. The summed E-state index contributed by atoms with van der Waals surface area (Å²) in [6, 6.07) is 21.9. The molecule has 7 nitrogen and oxygen atoms in total. The van der Waals surface area contributed by atoms with Gasteiger partial charge in [-0.05, 0) is 29.8 Å². The largest absolute Gasteiger partial charge is 0.418 e. The lowest BCUT2D eigenvalue weighted by Crippen LogP contribution is -2.33. The molecule has 2 aliphatic heterocycles. The SMILES string of the molecule is O=C(Cn1c2c(sc1=O)[C@@H](c1ccccc1)[C@@H]1C(=O)N(c3ccccc3C(F)(F)F)C(=O)[C@@H]1S2)Nc1ccccc1. The predicted octanol–water partition coefficient (Wildman–Crippen LogP) is 5.36. The summed E-state index contributed by atoms with van der Waals surface area (Å²) in [7, 11) is 0. The molecule has 0 radical (unpaired) electrons. The van der Waals surface area contributed by atoms with Crippen LogP contribution in [0.3, 0.4) is 0 Å². The third kappa shape index (κ3) is 4.76. The van der Waals surface area contributed by atoms with Gasteiger partial charge in [-0.2, -0.15) is 13.2 Å². The number of nitrogens with one attached hydrogen (secondary N) is 1. The van der Waals surface area contributed by atoms with Crippen LogP contribution < -0.4 is 15.1 Å². The number of benzene rings is 3. The Morgan fingerprint density at radius 1 is 0.854 bits per heavy atom. The zero-order valence-electron chi connectivity index (χ0n) is 21.0. The first-order chi connectivity index (χ1) is 19.6. The van der Waals surface area contributed by atoms with E-state index in [9.17, 15) is 32.3 Å². The maximum Gasteiger partial charge on any atom is 0.418 e. The quantitative estimate of drug-likeness (QED) is 0.314. The standard InChI is InChI=1S/C29H20F3N3O4S2/c30-29(31,32)18-13-7-8-14-19(18)35-25(37)22-21(16-9-3-1-4-10-16)24-27(40-23(22)26(35)38)34(28(39)41-24)15-20(36)33-17-11-5-2-6-12-17/h1-14,21-23H,15H2,(H,33,36)/t21-,22-,23+/m0/s1. The number of imide groups is 1. The Morgan fingerprint density at radius 3 is 2.17 bits per heavy atom. The monoisotopic (exact) mass is 595 g/mol. The fourth-order valence-corrected chi connectivity index (χ4v) is 8.06. The summed E-state index contributed by atoms with van der Waals surface area (Å²) in [5.74, 6) is -3.85. The van der Waals surface area contributed by atoms with Gasteiger partial charge in [0.15, 0.2) is 0 Å². The molecule has 0 spiro atoms. The highest BCUT2D eigenvalue weighted by atomic mass is 32.2. The molecule has 3 atom stereocenters. The van der Waals surface area contributed by atoms with Gasteiger partial charge in [-0.1, -0.05) is 83.8 Å². The summed E-state index contributed by atoms with van der Waals surface area (Å²) >= 11 is 1.81. The van der Waals surface area contributed by atoms with E-state index in [1.165, 1.54) is 16.7 Å². The van der Waals surface area contributed by atoms with Gasteiger partial charge in [0.1, 0.15) is 11.8 Å². The molecule has 3 amide bonds. The molecule has 2 aliphatic rings. The normalized spacial score (nSPS) is 20.1. The number of hydrogen-bond donors (Lipinski definition) is 1. The molecule has 6 rings (SSSR count). The van der Waals surface area contributed by atoms with Crippen LogP contribution in [0.25, 0.3) is 0 Å². The van der Waals surface area contributed by atoms with Crippen molar-refractivity contribution in [3.63, 3.8) is 0 Å². The summed E-state index contributed by atoms with van der Waals surface area (Å²) in [6.45, 7) is -0.339. The fourth-order valence-electron chi connectivity index (χ4n) is 5.29. The molecule has 0 bridgehead atoms. The van der Waals surface area contributed by atoms with E-state index in [0.29, 0.717) is 26.1 Å². The van der Waals surface area contributed by atoms with Crippen molar-refractivity contribution in [3.8, 4) is 0 Å². The Labute approximate surface area is 239 Å². The molecule has 0 unspecified atom stereocenters. The summed E-state index contributed by atoms with van der Waals surface area (Å²) < 4.78 is 42.9. The second-order valence-corrected chi connectivity index (χ2v) is 11.6. The molecular formula is C29H20F3N3O4S2. The van der Waals surface area contributed by atoms with Gasteiger partial charge in [0, 0.05) is 16.5 Å². The van der Waals surface area contributed by atoms with Crippen LogP contribution in [0, 0.1) is 5.92 Å². The molecule has 1 aromatic heterocycles. The molecule has 0 saturated carbocycles. The number of halogens is 3. The lowest BCUT2D eigenvalue weighted by Gasteiger charge is -2.30. The molecule has 1 N–H and O–H groups in total. The van der Waals surface area contributed by atoms with Gasteiger partial charge in [-0.25, -0.2) is 4.90 Å². The van der Waals surface area contributed by atoms with Gasteiger partial charge in [-0.15, -0.1) is 0 Å². The molecule has 1 saturated heterocycles. The summed E-state index contributed by atoms with van der Waals surface area (Å²) in [5.41, 5.74) is -0.441. The van der Waals surface area contributed by atoms with Gasteiger partial charge in [0.25, 0.3) is 0 Å². The van der Waals surface area contributed by atoms with E-state index < -0.39 is 57.1 Å². The molecule has 0 aliphatic carbocycles. The number of para-hydroxylation sites is 2. The lowest BCUT2D eigenvalue weighted by molar-refractivity contribution is -0.137. The molecule has 41 heavy (non-hydrogen) atoms. The Balaban J connectivity index is 1.43. The minimum absolute atomic E-state index is 0.339. The van der Waals surface area contributed by atoms with Gasteiger partial charge < -0.3 is 5.32 Å². The summed E-state index contributed by atoms with van der Waals surface area (Å²) in [4.78, 5) is 54.4. The molecule has 4 aromatic rings. The summed E-state index contributed by atoms with van der Waals surface area (Å²) in [6.07, 6.45) is -4.79. The molecule has 3 heterocycles. The highest BCUT2D eigenvalue weighted by Gasteiger charge is 2.57. The molecule has 3 aromatic carbocycles. The van der Waals surface area contributed by atoms with Gasteiger partial charge in [0.05, 0.1) is 22.2 Å². The lowest BCUT2D eigenvalue weighted by atomic mass is 9.83. The molecule has 12 heteroatoms. The number of alkyl halides is 3. The number of fused-ring (bicyclic) bond motifs is 2. The van der Waals surface area contributed by atoms with E-state index in [1.54, 1.807) is 60.7 Å². The smallest absolute Gasteiger partial charge is 0.325 e. The molecular weight excluding hydrogens is 575 g/mol. The number of anilines is 2. The van der Waals surface area contributed by atoms with Crippen LogP contribution >= 0.6 is 23.1 Å². The third-order valence-corrected chi connectivity index (χ3v) is 9.62. The Morgan fingerprint density at radius 2 is 1.49 bits per heavy atom. The van der Waals surface area contributed by atoms with E-state index in [0.717, 1.165) is 35.2 Å². The van der Waals surface area contributed by atoms with Crippen LogP contribution in [0.15, 0.2) is 94.7 Å². The minimum Gasteiger partial charge on any atom is -0.325 e. The highest BCUT2D eigenvalue weighted by Crippen LogP contribution is 2.54. The molecule has 1 fully saturated rings. The third-order valence-electron chi connectivity index (χ3n) is 7.02. The van der Waals surface area contributed by atoms with Crippen molar-refractivity contribution < 1.29 is 27.6 Å². The van der Waals surface area contributed by atoms with E-state index in [2.05, 4.69) is 5.32 Å². The van der Waals surface area contributed by atoms with E-state index >= 15 is 0 Å². The zero-order chi connectivity index (χ0) is 28.9. The number of hydrogen-bond acceptors (Lipinski definition) is 6. The van der Waals surface area contributed by atoms with E-state index in [1.807, 2.05) is 0 Å². The first kappa shape index (κ1) is 27.0. The highest BCUT2D eigenvalue weighted by molar-refractivity contribution is 8.00. The topological polar surface area (TPSA) is 88.5 Å². The number of carbonyl (C=O) groups is 3. The van der Waals surface area contributed by atoms with Crippen LogP contribution in [-0.4, -0.2) is 27.5 Å². The number of carbonyl (C=O) groups excluding carboxylic acids is 3. The average molecular weight is 596 g/mol. The maximum absolute atomic E-state index is 13.9. The Bertz CT molecular complexity index is 1720. The van der Waals surface area contributed by atoms with Crippen LogP contribution in [0.4, 0.5) is 24.5 Å². The second-order valence-electron chi connectivity index (χ2n) is 9.52. The van der Waals surface area contributed by atoms with Crippen LogP contribution in [0.1, 0.15) is 21.9 Å². The van der Waals surface area contributed by atoms with Crippen molar-refractivity contribution in [3.05, 3.63) is 111 Å². The average Bonchev–Trinajstić information content (AvgIpc) is 3.39.